The van der Waals surface area contributed by atoms with Crippen LogP contribution in [0.2, 0.25) is 0 Å². The van der Waals surface area contributed by atoms with E-state index in [2.05, 4.69) is 29.5 Å². The first-order valence-corrected chi connectivity index (χ1v) is 12.3. The molecule has 1 saturated heterocycles. The van der Waals surface area contributed by atoms with E-state index in [9.17, 15) is 14.7 Å². The molecule has 1 aliphatic rings. The highest BCUT2D eigenvalue weighted by Gasteiger charge is 2.34. The number of aromatic nitrogens is 2. The van der Waals surface area contributed by atoms with Gasteiger partial charge in [0.2, 0.25) is 0 Å². The van der Waals surface area contributed by atoms with Gasteiger partial charge in [-0.15, -0.1) is 11.3 Å². The Balaban J connectivity index is 1.94. The first kappa shape index (κ1) is 25.1. The van der Waals surface area contributed by atoms with Gasteiger partial charge in [0.1, 0.15) is 17.2 Å². The SMILES string of the molecule is CC(C)CN(C(=O)c1cnc(C(C)(C)C)nc1NCc1cccs1)C1CNCC(C(=O)O)C1. The molecule has 33 heavy (non-hydrogen) atoms. The molecule has 3 N–H and O–H groups in total. The fraction of sp³-hybridized carbons (Fsp3) is 0.583. The Kier molecular flexibility index (Phi) is 8.07. The highest BCUT2D eigenvalue weighted by Crippen LogP contribution is 2.26. The van der Waals surface area contributed by atoms with E-state index in [0.717, 1.165) is 4.88 Å². The zero-order chi connectivity index (χ0) is 24.2. The highest BCUT2D eigenvalue weighted by atomic mass is 32.1. The molecule has 0 radical (unpaired) electrons. The van der Waals surface area contributed by atoms with Crippen molar-refractivity contribution in [2.45, 2.75) is 59.0 Å². The van der Waals surface area contributed by atoms with Crippen molar-refractivity contribution in [1.29, 1.82) is 0 Å². The average molecular weight is 474 g/mol. The number of anilines is 1. The van der Waals surface area contributed by atoms with Gasteiger partial charge in [-0.25, -0.2) is 9.97 Å². The third kappa shape index (κ3) is 6.51. The summed E-state index contributed by atoms with van der Waals surface area (Å²) in [6, 6.07) is 3.82. The Labute approximate surface area is 199 Å². The number of hydrogen-bond donors (Lipinski definition) is 3. The van der Waals surface area contributed by atoms with E-state index in [0.29, 0.717) is 49.8 Å². The minimum absolute atomic E-state index is 0.171. The van der Waals surface area contributed by atoms with Crippen LogP contribution in [0.15, 0.2) is 23.7 Å². The molecule has 180 valence electrons. The predicted octanol–water partition coefficient (Wildman–Crippen LogP) is 3.61. The number of thiophene rings is 1. The topological polar surface area (TPSA) is 107 Å². The van der Waals surface area contributed by atoms with Crippen LogP contribution in [0, 0.1) is 11.8 Å². The molecule has 0 bridgehead atoms. The molecular weight excluding hydrogens is 438 g/mol. The first-order chi connectivity index (χ1) is 15.6. The van der Waals surface area contributed by atoms with Gasteiger partial charge in [-0.3, -0.25) is 9.59 Å². The molecule has 1 amide bonds. The summed E-state index contributed by atoms with van der Waals surface area (Å²) in [5.74, 6) is -0.108. The van der Waals surface area contributed by atoms with Gasteiger partial charge in [-0.2, -0.15) is 0 Å². The minimum Gasteiger partial charge on any atom is -0.481 e. The van der Waals surface area contributed by atoms with Crippen LogP contribution in [0.4, 0.5) is 5.82 Å². The van der Waals surface area contributed by atoms with E-state index in [1.54, 1.807) is 22.4 Å². The smallest absolute Gasteiger partial charge is 0.307 e. The summed E-state index contributed by atoms with van der Waals surface area (Å²) < 4.78 is 0. The number of carbonyl (C=O) groups excluding carboxylic acids is 1. The predicted molar refractivity (Wildman–Crippen MR) is 131 cm³/mol. The molecule has 0 aromatic carbocycles. The first-order valence-electron chi connectivity index (χ1n) is 11.4. The van der Waals surface area contributed by atoms with Crippen LogP contribution in [0.5, 0.6) is 0 Å². The lowest BCUT2D eigenvalue weighted by atomic mass is 9.93. The molecule has 2 atom stereocenters. The second-order valence-corrected chi connectivity index (χ2v) is 11.1. The molecule has 1 aliphatic heterocycles. The summed E-state index contributed by atoms with van der Waals surface area (Å²) in [6.07, 6.45) is 2.05. The number of carboxylic acid groups (broad SMARTS) is 1. The van der Waals surface area contributed by atoms with Crippen molar-refractivity contribution in [3.05, 3.63) is 40.0 Å². The van der Waals surface area contributed by atoms with Crippen LogP contribution in [0.3, 0.4) is 0 Å². The number of piperidine rings is 1. The standard InChI is InChI=1S/C24H35N5O3S/c1-15(2)14-29(17-9-16(22(31)32)10-25-11-17)21(30)19-13-27-23(24(3,4)5)28-20(19)26-12-18-7-6-8-33-18/h6-8,13,15-17,25H,9-12,14H2,1-5H3,(H,31,32)(H,26,27,28). The van der Waals surface area contributed by atoms with Gasteiger partial charge in [-0.05, 0) is 23.8 Å². The van der Waals surface area contributed by atoms with Gasteiger partial charge in [0.15, 0.2) is 0 Å². The van der Waals surface area contributed by atoms with E-state index < -0.39 is 11.9 Å². The van der Waals surface area contributed by atoms with E-state index in [4.69, 9.17) is 4.98 Å². The second-order valence-electron chi connectivity index (χ2n) is 10.1. The Bertz CT molecular complexity index is 956. The van der Waals surface area contributed by atoms with Gasteiger partial charge in [-0.1, -0.05) is 40.7 Å². The molecule has 1 fully saturated rings. The van der Waals surface area contributed by atoms with E-state index >= 15 is 0 Å². The molecule has 3 rings (SSSR count). The lowest BCUT2D eigenvalue weighted by Crippen LogP contribution is -2.53. The molecular formula is C24H35N5O3S. The van der Waals surface area contributed by atoms with Crippen molar-refractivity contribution >= 4 is 29.0 Å². The van der Waals surface area contributed by atoms with Crippen molar-refractivity contribution in [1.82, 2.24) is 20.2 Å². The van der Waals surface area contributed by atoms with Crippen LogP contribution in [-0.2, 0) is 16.8 Å². The summed E-state index contributed by atoms with van der Waals surface area (Å²) in [6.45, 7) is 12.3. The molecule has 0 spiro atoms. The third-order valence-electron chi connectivity index (χ3n) is 5.64. The van der Waals surface area contributed by atoms with Crippen molar-refractivity contribution < 1.29 is 14.7 Å². The molecule has 0 saturated carbocycles. The lowest BCUT2D eigenvalue weighted by molar-refractivity contribution is -0.142. The Hall–Kier alpha value is -2.52. The third-order valence-corrected chi connectivity index (χ3v) is 6.52. The monoisotopic (exact) mass is 473 g/mol. The molecule has 0 aliphatic carbocycles. The maximum absolute atomic E-state index is 13.8. The summed E-state index contributed by atoms with van der Waals surface area (Å²) in [4.78, 5) is 37.6. The van der Waals surface area contributed by atoms with E-state index in [1.165, 1.54) is 0 Å². The number of rotatable bonds is 8. The largest absolute Gasteiger partial charge is 0.481 e. The highest BCUT2D eigenvalue weighted by molar-refractivity contribution is 7.09. The fourth-order valence-corrected chi connectivity index (χ4v) is 4.55. The van der Waals surface area contributed by atoms with Crippen LogP contribution < -0.4 is 10.6 Å². The summed E-state index contributed by atoms with van der Waals surface area (Å²) >= 11 is 1.64. The fourth-order valence-electron chi connectivity index (χ4n) is 3.91. The maximum atomic E-state index is 13.8. The number of amides is 1. The number of carboxylic acids is 1. The van der Waals surface area contributed by atoms with Crippen LogP contribution >= 0.6 is 11.3 Å². The van der Waals surface area contributed by atoms with Crippen molar-refractivity contribution in [3.8, 4) is 0 Å². The summed E-state index contributed by atoms with van der Waals surface area (Å²) in [5.41, 5.74) is 0.151. The summed E-state index contributed by atoms with van der Waals surface area (Å²) in [5, 5.41) is 18.1. The number of hydrogen-bond acceptors (Lipinski definition) is 7. The van der Waals surface area contributed by atoms with Crippen molar-refractivity contribution in [3.63, 3.8) is 0 Å². The Morgan fingerprint density at radius 3 is 2.70 bits per heavy atom. The van der Waals surface area contributed by atoms with Gasteiger partial charge in [0.05, 0.1) is 12.5 Å². The maximum Gasteiger partial charge on any atom is 0.307 e. The second kappa shape index (κ2) is 10.6. The number of nitrogens with one attached hydrogen (secondary N) is 2. The zero-order valence-electron chi connectivity index (χ0n) is 20.1. The van der Waals surface area contributed by atoms with Crippen LogP contribution in [0.1, 0.15) is 62.1 Å². The quantitative estimate of drug-likeness (QED) is 0.538. The lowest BCUT2D eigenvalue weighted by Gasteiger charge is -2.38. The normalized spacial score (nSPS) is 18.8. The van der Waals surface area contributed by atoms with Gasteiger partial charge < -0.3 is 20.6 Å². The van der Waals surface area contributed by atoms with E-state index in [-0.39, 0.29) is 23.3 Å². The summed E-state index contributed by atoms with van der Waals surface area (Å²) in [7, 11) is 0. The van der Waals surface area contributed by atoms with Gasteiger partial charge >= 0.3 is 5.97 Å². The molecule has 8 nitrogen and oxygen atoms in total. The molecule has 9 heteroatoms. The average Bonchev–Trinajstić information content (AvgIpc) is 3.28. The number of aliphatic carboxylic acids is 1. The zero-order valence-corrected chi connectivity index (χ0v) is 20.9. The molecule has 3 heterocycles. The number of carbonyl (C=O) groups is 2. The Morgan fingerprint density at radius 2 is 2.09 bits per heavy atom. The molecule has 2 aromatic heterocycles. The van der Waals surface area contributed by atoms with Crippen LogP contribution in [0.25, 0.3) is 0 Å². The van der Waals surface area contributed by atoms with Crippen molar-refractivity contribution in [2.24, 2.45) is 11.8 Å². The number of nitrogens with zero attached hydrogens (tertiary/aromatic N) is 3. The minimum atomic E-state index is -0.833. The Morgan fingerprint density at radius 1 is 1.33 bits per heavy atom. The van der Waals surface area contributed by atoms with Gasteiger partial charge in [0, 0.05) is 42.2 Å². The molecule has 2 aromatic rings. The van der Waals surface area contributed by atoms with Crippen molar-refractivity contribution in [2.75, 3.05) is 25.0 Å². The molecule has 2 unspecified atom stereocenters. The van der Waals surface area contributed by atoms with E-state index in [1.807, 2.05) is 38.3 Å². The van der Waals surface area contributed by atoms with Gasteiger partial charge in [0.25, 0.3) is 5.91 Å². The van der Waals surface area contributed by atoms with Crippen LogP contribution in [-0.4, -0.2) is 57.5 Å².